The first-order chi connectivity index (χ1) is 3.56. The van der Waals surface area contributed by atoms with Crippen LogP contribution >= 0.6 is 11.6 Å². The van der Waals surface area contributed by atoms with Crippen LogP contribution in [0.4, 0.5) is 8.78 Å². The van der Waals surface area contributed by atoms with Crippen LogP contribution < -0.4 is 0 Å². The van der Waals surface area contributed by atoms with Crippen molar-refractivity contribution in [3.05, 3.63) is 0 Å². The van der Waals surface area contributed by atoms with Crippen LogP contribution in [-0.4, -0.2) is 11.8 Å². The molecule has 0 fully saturated rings. The smallest absolute Gasteiger partial charge is 0.207 e. The van der Waals surface area contributed by atoms with Gasteiger partial charge in [-0.1, -0.05) is 0 Å². The van der Waals surface area contributed by atoms with Crippen LogP contribution in [-0.2, 0) is 0 Å². The summed E-state index contributed by atoms with van der Waals surface area (Å²) in [5.74, 6) is -2.21. The van der Waals surface area contributed by atoms with Gasteiger partial charge in [0.05, 0.1) is 0 Å². The second kappa shape index (κ2) is 3.23. The number of hydrogen-bond donors (Lipinski definition) is 0. The van der Waals surface area contributed by atoms with E-state index >= 15 is 0 Å². The van der Waals surface area contributed by atoms with Gasteiger partial charge >= 0.3 is 0 Å². The van der Waals surface area contributed by atoms with Crippen LogP contribution in [0.5, 0.6) is 0 Å². The first-order valence-corrected chi connectivity index (χ1v) is 3.03. The SMILES string of the molecule is CC(F)(F)CCCCl. The van der Waals surface area contributed by atoms with Crippen LogP contribution in [0.2, 0.25) is 0 Å². The Hall–Kier alpha value is 0.150. The molecule has 0 unspecified atom stereocenters. The average Bonchev–Trinajstić information content (AvgIpc) is 1.59. The maximum Gasteiger partial charge on any atom is 0.245 e. The van der Waals surface area contributed by atoms with Gasteiger partial charge in [0, 0.05) is 12.3 Å². The van der Waals surface area contributed by atoms with E-state index in [4.69, 9.17) is 11.6 Å². The lowest BCUT2D eigenvalue weighted by atomic mass is 10.2. The molecule has 0 aliphatic rings. The summed E-state index contributed by atoms with van der Waals surface area (Å²) in [4.78, 5) is 0. The van der Waals surface area contributed by atoms with Gasteiger partial charge in [0.25, 0.3) is 0 Å². The normalized spacial score (nSPS) is 12.0. The molecule has 0 aromatic carbocycles. The maximum absolute atomic E-state index is 11.9. The van der Waals surface area contributed by atoms with Crippen molar-refractivity contribution in [2.45, 2.75) is 25.7 Å². The van der Waals surface area contributed by atoms with E-state index in [1.165, 1.54) is 0 Å². The summed E-state index contributed by atoms with van der Waals surface area (Å²) in [6, 6.07) is 0. The second-order valence-electron chi connectivity index (χ2n) is 1.86. The zero-order chi connectivity index (χ0) is 6.62. The zero-order valence-corrected chi connectivity index (χ0v) is 5.51. The molecule has 0 atom stereocenters. The van der Waals surface area contributed by atoms with Crippen molar-refractivity contribution in [3.8, 4) is 0 Å². The highest BCUT2D eigenvalue weighted by Gasteiger charge is 2.18. The zero-order valence-electron chi connectivity index (χ0n) is 4.76. The Morgan fingerprint density at radius 1 is 1.50 bits per heavy atom. The van der Waals surface area contributed by atoms with Gasteiger partial charge in [0.1, 0.15) is 0 Å². The lowest BCUT2D eigenvalue weighted by molar-refractivity contribution is 0.0125. The van der Waals surface area contributed by atoms with Gasteiger partial charge in [-0.2, -0.15) is 0 Å². The Morgan fingerprint density at radius 2 is 2.00 bits per heavy atom. The van der Waals surface area contributed by atoms with Crippen molar-refractivity contribution in [1.82, 2.24) is 0 Å². The molecule has 0 N–H and O–H groups in total. The van der Waals surface area contributed by atoms with E-state index < -0.39 is 5.92 Å². The number of hydrogen-bond acceptors (Lipinski definition) is 0. The van der Waals surface area contributed by atoms with Gasteiger partial charge in [-0.15, -0.1) is 11.6 Å². The van der Waals surface area contributed by atoms with Gasteiger partial charge in [-0.3, -0.25) is 0 Å². The molecular weight excluding hydrogens is 134 g/mol. The summed E-state index contributed by atoms with van der Waals surface area (Å²) in [5.41, 5.74) is 0. The molecule has 0 rings (SSSR count). The fraction of sp³-hybridized carbons (Fsp3) is 1.00. The first-order valence-electron chi connectivity index (χ1n) is 2.50. The quantitative estimate of drug-likeness (QED) is 0.532. The van der Waals surface area contributed by atoms with E-state index in [9.17, 15) is 8.78 Å². The maximum atomic E-state index is 11.9. The lowest BCUT2D eigenvalue weighted by Gasteiger charge is -2.06. The fourth-order valence-electron chi connectivity index (χ4n) is 0.377. The predicted octanol–water partition coefficient (Wildman–Crippen LogP) is 2.66. The van der Waals surface area contributed by atoms with Crippen LogP contribution in [0, 0.1) is 0 Å². The summed E-state index contributed by atoms with van der Waals surface area (Å²) < 4.78 is 23.7. The average molecular weight is 143 g/mol. The molecule has 0 nitrogen and oxygen atoms in total. The summed E-state index contributed by atoms with van der Waals surface area (Å²) >= 11 is 5.17. The van der Waals surface area contributed by atoms with Crippen LogP contribution in [0.15, 0.2) is 0 Å². The fourth-order valence-corrected chi connectivity index (χ4v) is 0.511. The van der Waals surface area contributed by atoms with E-state index in [2.05, 4.69) is 0 Å². The highest BCUT2D eigenvalue weighted by Crippen LogP contribution is 2.18. The predicted molar refractivity (Wildman–Crippen MR) is 30.6 cm³/mol. The highest BCUT2D eigenvalue weighted by atomic mass is 35.5. The number of halogens is 3. The van der Waals surface area contributed by atoms with Gasteiger partial charge in [-0.25, -0.2) is 8.78 Å². The van der Waals surface area contributed by atoms with E-state index in [0.29, 0.717) is 12.3 Å². The first kappa shape index (κ1) is 8.15. The molecule has 0 amide bonds. The summed E-state index contributed by atoms with van der Waals surface area (Å²) in [7, 11) is 0. The molecule has 0 aromatic rings. The Morgan fingerprint density at radius 3 is 2.12 bits per heavy atom. The largest absolute Gasteiger partial charge is 0.245 e. The lowest BCUT2D eigenvalue weighted by Crippen LogP contribution is -2.08. The third-order valence-electron chi connectivity index (χ3n) is 0.749. The molecule has 0 saturated heterocycles. The monoisotopic (exact) mass is 142 g/mol. The second-order valence-corrected chi connectivity index (χ2v) is 2.24. The van der Waals surface area contributed by atoms with Gasteiger partial charge in [0.15, 0.2) is 0 Å². The third kappa shape index (κ3) is 6.15. The van der Waals surface area contributed by atoms with E-state index in [1.807, 2.05) is 0 Å². The molecule has 0 saturated carbocycles. The Labute approximate surface area is 52.8 Å². The summed E-state index contributed by atoms with van der Waals surface area (Å²) in [6.07, 6.45) is 0.293. The Kier molecular flexibility index (Phi) is 3.29. The Bertz CT molecular complexity index is 57.9. The number of rotatable bonds is 3. The minimum Gasteiger partial charge on any atom is -0.207 e. The van der Waals surface area contributed by atoms with Crippen molar-refractivity contribution in [1.29, 1.82) is 0 Å². The topological polar surface area (TPSA) is 0 Å². The van der Waals surface area contributed by atoms with Gasteiger partial charge in [-0.05, 0) is 13.3 Å². The minimum atomic E-state index is -2.53. The van der Waals surface area contributed by atoms with Crippen molar-refractivity contribution >= 4 is 11.6 Å². The molecule has 8 heavy (non-hydrogen) atoms. The molecule has 3 heteroatoms. The minimum absolute atomic E-state index is 0.101. The van der Waals surface area contributed by atoms with Crippen molar-refractivity contribution in [3.63, 3.8) is 0 Å². The standard InChI is InChI=1S/C5H9ClF2/c1-5(7,8)3-2-4-6/h2-4H2,1H3. The van der Waals surface area contributed by atoms with E-state index in [-0.39, 0.29) is 6.42 Å². The summed E-state index contributed by atoms with van der Waals surface area (Å²) in [6.45, 7) is 0.902. The number of alkyl halides is 3. The molecule has 0 spiro atoms. The Balaban J connectivity index is 3.11. The molecule has 0 aliphatic heterocycles. The molecule has 50 valence electrons. The summed E-state index contributed by atoms with van der Waals surface area (Å²) in [5, 5.41) is 0. The van der Waals surface area contributed by atoms with Crippen LogP contribution in [0.25, 0.3) is 0 Å². The van der Waals surface area contributed by atoms with Crippen LogP contribution in [0.1, 0.15) is 19.8 Å². The van der Waals surface area contributed by atoms with Gasteiger partial charge < -0.3 is 0 Å². The van der Waals surface area contributed by atoms with E-state index in [1.54, 1.807) is 0 Å². The molecule has 0 aliphatic carbocycles. The van der Waals surface area contributed by atoms with E-state index in [0.717, 1.165) is 6.92 Å². The highest BCUT2D eigenvalue weighted by molar-refractivity contribution is 6.17. The van der Waals surface area contributed by atoms with Gasteiger partial charge in [0.2, 0.25) is 5.92 Å². The molecule has 0 bridgehead atoms. The molecule has 0 radical (unpaired) electrons. The molecule has 0 heterocycles. The molecular formula is C5H9ClF2. The van der Waals surface area contributed by atoms with Crippen LogP contribution in [0.3, 0.4) is 0 Å². The van der Waals surface area contributed by atoms with Crippen molar-refractivity contribution in [2.75, 3.05) is 5.88 Å². The van der Waals surface area contributed by atoms with Crippen molar-refractivity contribution < 1.29 is 8.78 Å². The molecule has 0 aromatic heterocycles. The van der Waals surface area contributed by atoms with Crippen molar-refractivity contribution in [2.24, 2.45) is 0 Å². The third-order valence-corrected chi connectivity index (χ3v) is 1.02.